The minimum absolute atomic E-state index is 0.0273. The number of aromatic nitrogens is 2. The number of amides is 1. The van der Waals surface area contributed by atoms with E-state index in [4.69, 9.17) is 0 Å². The van der Waals surface area contributed by atoms with E-state index >= 15 is 0 Å². The molecule has 0 aliphatic carbocycles. The first-order valence-corrected chi connectivity index (χ1v) is 11.0. The Kier molecular flexibility index (Phi) is 6.31. The number of hydrogen-bond acceptors (Lipinski definition) is 4. The Labute approximate surface area is 184 Å². The summed E-state index contributed by atoms with van der Waals surface area (Å²) in [7, 11) is 0. The fourth-order valence-corrected chi connectivity index (χ4v) is 3.97. The summed E-state index contributed by atoms with van der Waals surface area (Å²) in [6.07, 6.45) is 3.27. The molecule has 1 aliphatic rings. The molecule has 31 heavy (non-hydrogen) atoms. The van der Waals surface area contributed by atoms with E-state index in [-0.39, 0.29) is 11.8 Å². The van der Waals surface area contributed by atoms with Gasteiger partial charge in [-0.1, -0.05) is 55.8 Å². The minimum Gasteiger partial charge on any atom is -0.356 e. The second kappa shape index (κ2) is 9.29. The van der Waals surface area contributed by atoms with Gasteiger partial charge in [-0.25, -0.2) is 9.97 Å². The third-order valence-corrected chi connectivity index (χ3v) is 6.03. The molecule has 1 aliphatic heterocycles. The Bertz CT molecular complexity index is 1020. The average Bonchev–Trinajstić information content (AvgIpc) is 2.80. The van der Waals surface area contributed by atoms with E-state index in [0.717, 1.165) is 48.7 Å². The summed E-state index contributed by atoms with van der Waals surface area (Å²) in [5.74, 6) is 1.55. The number of benzene rings is 2. The summed E-state index contributed by atoms with van der Waals surface area (Å²) in [6.45, 7) is 8.05. The molecule has 5 nitrogen and oxygen atoms in total. The molecule has 0 spiro atoms. The summed E-state index contributed by atoms with van der Waals surface area (Å²) >= 11 is 0. The first kappa shape index (κ1) is 21.0. The lowest BCUT2D eigenvalue weighted by atomic mass is 9.95. The van der Waals surface area contributed by atoms with Crippen LogP contribution in [0.25, 0.3) is 11.3 Å². The van der Waals surface area contributed by atoms with Crippen LogP contribution in [0, 0.1) is 12.8 Å². The van der Waals surface area contributed by atoms with Crippen molar-refractivity contribution in [1.82, 2.24) is 9.97 Å². The molecule has 0 bridgehead atoms. The van der Waals surface area contributed by atoms with E-state index in [1.54, 1.807) is 6.33 Å². The van der Waals surface area contributed by atoms with Gasteiger partial charge in [-0.3, -0.25) is 4.79 Å². The molecule has 1 aromatic heterocycles. The smallest absolute Gasteiger partial charge is 0.227 e. The summed E-state index contributed by atoms with van der Waals surface area (Å²) in [4.78, 5) is 23.9. The maximum atomic E-state index is 12.7. The van der Waals surface area contributed by atoms with Gasteiger partial charge in [0, 0.05) is 36.3 Å². The fourth-order valence-electron chi connectivity index (χ4n) is 3.97. The molecular weight excluding hydrogens is 384 g/mol. The molecule has 4 rings (SSSR count). The SMILES string of the molecule is Cc1ccc(-c2cc(N3CCC(C(=O)Nc4ccc(C(C)C)cc4)CC3)ncn2)cc1. The summed E-state index contributed by atoms with van der Waals surface area (Å²) in [5, 5.41) is 3.08. The maximum absolute atomic E-state index is 12.7. The second-order valence-electron chi connectivity index (χ2n) is 8.65. The zero-order chi connectivity index (χ0) is 21.8. The number of rotatable bonds is 5. The van der Waals surface area contributed by atoms with E-state index in [1.807, 2.05) is 18.2 Å². The van der Waals surface area contributed by atoms with Crippen LogP contribution in [0.5, 0.6) is 0 Å². The van der Waals surface area contributed by atoms with Gasteiger partial charge in [0.15, 0.2) is 0 Å². The van der Waals surface area contributed by atoms with Crippen LogP contribution < -0.4 is 10.2 Å². The third kappa shape index (κ3) is 5.10. The lowest BCUT2D eigenvalue weighted by Crippen LogP contribution is -2.38. The van der Waals surface area contributed by atoms with E-state index in [1.165, 1.54) is 11.1 Å². The van der Waals surface area contributed by atoms with E-state index in [0.29, 0.717) is 5.92 Å². The van der Waals surface area contributed by atoms with Crippen LogP contribution in [0.3, 0.4) is 0 Å². The highest BCUT2D eigenvalue weighted by atomic mass is 16.1. The zero-order valence-electron chi connectivity index (χ0n) is 18.5. The van der Waals surface area contributed by atoms with Gasteiger partial charge in [-0.05, 0) is 43.4 Å². The van der Waals surface area contributed by atoms with Gasteiger partial charge in [0.1, 0.15) is 12.1 Å². The van der Waals surface area contributed by atoms with E-state index in [9.17, 15) is 4.79 Å². The van der Waals surface area contributed by atoms with Crippen LogP contribution in [0.2, 0.25) is 0 Å². The summed E-state index contributed by atoms with van der Waals surface area (Å²) in [6, 6.07) is 18.6. The molecule has 5 heteroatoms. The highest BCUT2D eigenvalue weighted by Gasteiger charge is 2.26. The number of nitrogens with one attached hydrogen (secondary N) is 1. The molecule has 0 unspecified atom stereocenters. The molecule has 0 atom stereocenters. The van der Waals surface area contributed by atoms with Gasteiger partial charge >= 0.3 is 0 Å². The van der Waals surface area contributed by atoms with Crippen molar-refractivity contribution in [3.63, 3.8) is 0 Å². The van der Waals surface area contributed by atoms with Crippen LogP contribution in [-0.2, 0) is 4.79 Å². The number of carbonyl (C=O) groups excluding carboxylic acids is 1. The van der Waals surface area contributed by atoms with Crippen molar-refractivity contribution in [3.05, 3.63) is 72.1 Å². The first-order valence-electron chi connectivity index (χ1n) is 11.0. The second-order valence-corrected chi connectivity index (χ2v) is 8.65. The molecule has 1 amide bonds. The predicted molar refractivity (Wildman–Crippen MR) is 126 cm³/mol. The average molecular weight is 415 g/mol. The number of anilines is 2. The lowest BCUT2D eigenvalue weighted by Gasteiger charge is -2.32. The van der Waals surface area contributed by atoms with Crippen molar-refractivity contribution in [2.24, 2.45) is 5.92 Å². The zero-order valence-corrected chi connectivity index (χ0v) is 18.5. The van der Waals surface area contributed by atoms with Gasteiger partial charge in [0.05, 0.1) is 5.69 Å². The van der Waals surface area contributed by atoms with Gasteiger partial charge in [-0.2, -0.15) is 0 Å². The van der Waals surface area contributed by atoms with Crippen molar-refractivity contribution in [2.45, 2.75) is 39.5 Å². The Morgan fingerprint density at radius 2 is 1.68 bits per heavy atom. The molecule has 1 saturated heterocycles. The molecule has 1 fully saturated rings. The van der Waals surface area contributed by atoms with Crippen LogP contribution in [-0.4, -0.2) is 29.0 Å². The van der Waals surface area contributed by atoms with Crippen molar-refractivity contribution in [1.29, 1.82) is 0 Å². The van der Waals surface area contributed by atoms with E-state index in [2.05, 4.69) is 77.4 Å². The van der Waals surface area contributed by atoms with E-state index < -0.39 is 0 Å². The Hall–Kier alpha value is -3.21. The van der Waals surface area contributed by atoms with Crippen LogP contribution >= 0.6 is 0 Å². The summed E-state index contributed by atoms with van der Waals surface area (Å²) in [5.41, 5.74) is 5.40. The monoisotopic (exact) mass is 414 g/mol. The lowest BCUT2D eigenvalue weighted by molar-refractivity contribution is -0.120. The number of carbonyl (C=O) groups is 1. The number of aryl methyl sites for hydroxylation is 1. The number of nitrogens with zero attached hydrogens (tertiary/aromatic N) is 3. The fraction of sp³-hybridized carbons (Fsp3) is 0.346. The van der Waals surface area contributed by atoms with Gasteiger partial charge in [0.25, 0.3) is 0 Å². The molecule has 0 saturated carbocycles. The van der Waals surface area contributed by atoms with Gasteiger partial charge in [0.2, 0.25) is 5.91 Å². The van der Waals surface area contributed by atoms with Crippen molar-refractivity contribution < 1.29 is 4.79 Å². The Balaban J connectivity index is 1.35. The molecule has 160 valence electrons. The maximum Gasteiger partial charge on any atom is 0.227 e. The highest BCUT2D eigenvalue weighted by molar-refractivity contribution is 5.92. The van der Waals surface area contributed by atoms with Gasteiger partial charge < -0.3 is 10.2 Å². The quantitative estimate of drug-likeness (QED) is 0.605. The Morgan fingerprint density at radius 3 is 2.32 bits per heavy atom. The van der Waals surface area contributed by atoms with Crippen molar-refractivity contribution in [2.75, 3.05) is 23.3 Å². The van der Waals surface area contributed by atoms with Crippen LogP contribution in [0.1, 0.15) is 43.7 Å². The summed E-state index contributed by atoms with van der Waals surface area (Å²) < 4.78 is 0. The Morgan fingerprint density at radius 1 is 1.00 bits per heavy atom. The first-order chi connectivity index (χ1) is 15.0. The molecular formula is C26H30N4O. The van der Waals surface area contributed by atoms with Crippen LogP contribution in [0.15, 0.2) is 60.9 Å². The topological polar surface area (TPSA) is 58.1 Å². The molecule has 3 aromatic rings. The number of hydrogen-bond donors (Lipinski definition) is 1. The molecule has 2 aromatic carbocycles. The molecule has 0 radical (unpaired) electrons. The standard InChI is InChI=1S/C26H30N4O/c1-18(2)20-8-10-23(11-9-20)29-26(31)22-12-14-30(15-13-22)25-16-24(27-17-28-25)21-6-4-19(3)5-7-21/h4-11,16-18,22H,12-15H2,1-3H3,(H,29,31). The molecule has 1 N–H and O–H groups in total. The third-order valence-electron chi connectivity index (χ3n) is 6.03. The normalized spacial score (nSPS) is 14.6. The van der Waals surface area contributed by atoms with Gasteiger partial charge in [-0.15, -0.1) is 0 Å². The molecule has 2 heterocycles. The predicted octanol–water partition coefficient (Wildman–Crippen LogP) is 5.43. The van der Waals surface area contributed by atoms with Crippen molar-refractivity contribution >= 4 is 17.4 Å². The largest absolute Gasteiger partial charge is 0.356 e. The number of piperidine rings is 1. The van der Waals surface area contributed by atoms with Crippen molar-refractivity contribution in [3.8, 4) is 11.3 Å². The highest BCUT2D eigenvalue weighted by Crippen LogP contribution is 2.26. The minimum atomic E-state index is 0.0273. The van der Waals surface area contributed by atoms with Crippen LogP contribution in [0.4, 0.5) is 11.5 Å².